The predicted octanol–water partition coefficient (Wildman–Crippen LogP) is -0.310. The lowest BCUT2D eigenvalue weighted by atomic mass is 10.0. The van der Waals surface area contributed by atoms with Crippen molar-refractivity contribution in [3.63, 3.8) is 0 Å². The monoisotopic (exact) mass is 468 g/mol. The second-order valence-electron chi connectivity index (χ2n) is 6.68. The fourth-order valence-electron chi connectivity index (χ4n) is 2.49. The summed E-state index contributed by atoms with van der Waals surface area (Å²) in [4.78, 5) is 20.9. The van der Waals surface area contributed by atoms with Crippen molar-refractivity contribution in [1.29, 1.82) is 0 Å². The molecule has 1 rings (SSSR count). The third kappa shape index (κ3) is 19.4. The number of nitrogens with two attached hydrogens (primary N) is 1. The first-order chi connectivity index (χ1) is 15.3. The zero-order chi connectivity index (χ0) is 24.8. The first-order valence-electron chi connectivity index (χ1n) is 11.2. The van der Waals surface area contributed by atoms with Crippen molar-refractivity contribution < 1.29 is 43.9 Å². The van der Waals surface area contributed by atoms with Gasteiger partial charge < -0.3 is 45.3 Å². The van der Waals surface area contributed by atoms with Crippen molar-refractivity contribution in [1.82, 2.24) is 5.32 Å². The molecular weight excluding hydrogens is 424 g/mol. The van der Waals surface area contributed by atoms with Crippen LogP contribution >= 0.6 is 0 Å². The molecular formula is C21H44N2O9. The highest BCUT2D eigenvalue weighted by atomic mass is 16.7. The van der Waals surface area contributed by atoms with Crippen LogP contribution in [-0.2, 0) is 28.5 Å². The highest BCUT2D eigenvalue weighted by Gasteiger charge is 2.36. The first kappa shape index (κ1) is 32.8. The van der Waals surface area contributed by atoms with Crippen LogP contribution in [-0.4, -0.2) is 97.9 Å². The zero-order valence-electron chi connectivity index (χ0n) is 20.0. The summed E-state index contributed by atoms with van der Waals surface area (Å²) in [7, 11) is 0. The largest absolute Gasteiger partial charge is 0.394 e. The summed E-state index contributed by atoms with van der Waals surface area (Å²) < 4.78 is 21.3. The van der Waals surface area contributed by atoms with Gasteiger partial charge in [0.05, 0.1) is 32.5 Å². The van der Waals surface area contributed by atoms with Crippen LogP contribution in [0.25, 0.3) is 0 Å². The Hall–Kier alpha value is -1.34. The molecule has 0 bridgehead atoms. The number of hydrogen-bond donors (Lipinski definition) is 5. The Balaban J connectivity index is 0. The Morgan fingerprint density at radius 3 is 2.31 bits per heavy atom. The minimum atomic E-state index is -1.10. The number of carbonyl (C=O) groups excluding carboxylic acids is 2. The first-order valence-corrected chi connectivity index (χ1v) is 11.2. The van der Waals surface area contributed by atoms with Crippen molar-refractivity contribution in [2.45, 2.75) is 78.0 Å². The molecule has 0 aliphatic carbocycles. The maximum absolute atomic E-state index is 11.7. The molecule has 0 unspecified atom stereocenters. The van der Waals surface area contributed by atoms with Gasteiger partial charge in [-0.2, -0.15) is 0 Å². The third-order valence-corrected chi connectivity index (χ3v) is 3.96. The molecule has 11 nitrogen and oxygen atoms in total. The van der Waals surface area contributed by atoms with E-state index in [9.17, 15) is 19.8 Å². The molecule has 1 heterocycles. The van der Waals surface area contributed by atoms with Gasteiger partial charge in [-0.3, -0.25) is 9.59 Å². The van der Waals surface area contributed by atoms with E-state index in [1.807, 2.05) is 20.8 Å². The zero-order valence-corrected chi connectivity index (χ0v) is 20.0. The summed E-state index contributed by atoms with van der Waals surface area (Å²) >= 11 is 0. The second-order valence-corrected chi connectivity index (χ2v) is 6.68. The van der Waals surface area contributed by atoms with Crippen molar-refractivity contribution in [2.75, 3.05) is 46.2 Å². The van der Waals surface area contributed by atoms with Crippen LogP contribution < -0.4 is 11.1 Å². The van der Waals surface area contributed by atoms with Gasteiger partial charge in [0.15, 0.2) is 6.29 Å². The molecule has 1 aliphatic heterocycles. The van der Waals surface area contributed by atoms with Gasteiger partial charge in [0, 0.05) is 39.5 Å². The van der Waals surface area contributed by atoms with Crippen LogP contribution in [0.3, 0.4) is 0 Å². The van der Waals surface area contributed by atoms with Crippen LogP contribution in [0.4, 0.5) is 0 Å². The van der Waals surface area contributed by atoms with Crippen LogP contribution in [0.15, 0.2) is 0 Å². The number of ether oxygens (including phenoxy) is 4. The molecule has 1 saturated heterocycles. The molecule has 1 aliphatic rings. The maximum Gasteiger partial charge on any atom is 0.220 e. The number of primary amides is 1. The molecule has 0 saturated carbocycles. The average molecular weight is 469 g/mol. The second kappa shape index (κ2) is 22.8. The normalized spacial score (nSPS) is 22.1. The Labute approximate surface area is 191 Å². The fourth-order valence-corrected chi connectivity index (χ4v) is 2.49. The number of amides is 2. The quantitative estimate of drug-likeness (QED) is 0.215. The van der Waals surface area contributed by atoms with Crippen molar-refractivity contribution >= 4 is 11.8 Å². The van der Waals surface area contributed by atoms with E-state index in [0.717, 1.165) is 0 Å². The van der Waals surface area contributed by atoms with Crippen molar-refractivity contribution in [3.8, 4) is 0 Å². The van der Waals surface area contributed by atoms with Gasteiger partial charge in [-0.25, -0.2) is 0 Å². The van der Waals surface area contributed by atoms with Crippen molar-refractivity contribution in [2.24, 2.45) is 5.73 Å². The van der Waals surface area contributed by atoms with E-state index in [2.05, 4.69) is 11.1 Å². The summed E-state index contributed by atoms with van der Waals surface area (Å²) in [5.74, 6) is -0.369. The maximum atomic E-state index is 11.7. The predicted molar refractivity (Wildman–Crippen MR) is 119 cm³/mol. The highest BCUT2D eigenvalue weighted by Crippen LogP contribution is 2.21. The minimum absolute atomic E-state index is 0.0359. The van der Waals surface area contributed by atoms with Gasteiger partial charge in [-0.05, 0) is 19.8 Å². The minimum Gasteiger partial charge on any atom is -0.394 e. The molecule has 0 aromatic heterocycles. The van der Waals surface area contributed by atoms with Gasteiger partial charge in [0.25, 0.3) is 0 Å². The number of hydrogen-bond acceptors (Lipinski definition) is 9. The number of aliphatic hydroxyl groups excluding tert-OH is 3. The molecule has 11 heteroatoms. The van der Waals surface area contributed by atoms with Gasteiger partial charge >= 0.3 is 0 Å². The molecule has 192 valence electrons. The third-order valence-electron chi connectivity index (χ3n) is 3.96. The fraction of sp³-hybridized carbons (Fsp3) is 0.905. The van der Waals surface area contributed by atoms with E-state index in [1.54, 1.807) is 0 Å². The van der Waals surface area contributed by atoms with E-state index in [-0.39, 0.29) is 24.8 Å². The molecule has 0 aromatic carbocycles. The molecule has 1 fully saturated rings. The van der Waals surface area contributed by atoms with E-state index >= 15 is 0 Å². The topological polar surface area (TPSA) is 170 Å². The van der Waals surface area contributed by atoms with Crippen LogP contribution in [0.5, 0.6) is 0 Å². The smallest absolute Gasteiger partial charge is 0.220 e. The molecule has 32 heavy (non-hydrogen) atoms. The average Bonchev–Trinajstić information content (AvgIpc) is 2.76. The Morgan fingerprint density at radius 1 is 1.09 bits per heavy atom. The van der Waals surface area contributed by atoms with Gasteiger partial charge in [-0.15, -0.1) is 0 Å². The lowest BCUT2D eigenvalue weighted by Crippen LogP contribution is -2.50. The lowest BCUT2D eigenvalue weighted by Gasteiger charge is -2.36. The number of unbranched alkanes of at least 4 members (excludes halogenated alkanes) is 1. The summed E-state index contributed by atoms with van der Waals surface area (Å²) in [5.41, 5.74) is 4.47. The number of aliphatic hydroxyl groups is 3. The summed E-state index contributed by atoms with van der Waals surface area (Å²) in [6.07, 6.45) is -1.70. The van der Waals surface area contributed by atoms with Gasteiger partial charge in [-0.1, -0.05) is 13.8 Å². The Kier molecular flexibility index (Phi) is 23.4. The summed E-state index contributed by atoms with van der Waals surface area (Å²) in [6.45, 7) is 9.90. The van der Waals surface area contributed by atoms with E-state index in [4.69, 9.17) is 24.1 Å². The van der Waals surface area contributed by atoms with Gasteiger partial charge in [0.2, 0.25) is 11.8 Å². The molecule has 6 N–H and O–H groups in total. The number of carbonyl (C=O) groups is 2. The Morgan fingerprint density at radius 2 is 1.72 bits per heavy atom. The lowest BCUT2D eigenvalue weighted by molar-refractivity contribution is -0.256. The van der Waals surface area contributed by atoms with Crippen LogP contribution in [0.1, 0.15) is 53.4 Å². The van der Waals surface area contributed by atoms with Crippen molar-refractivity contribution in [3.05, 3.63) is 0 Å². The highest BCUT2D eigenvalue weighted by molar-refractivity contribution is 5.75. The van der Waals surface area contributed by atoms with Crippen LogP contribution in [0.2, 0.25) is 0 Å². The molecule has 0 spiro atoms. The molecule has 0 radical (unpaired) electrons. The molecule has 0 aromatic rings. The number of rotatable bonds is 14. The summed E-state index contributed by atoms with van der Waals surface area (Å²) in [6, 6.07) is 0. The Bertz CT molecular complexity index is 451. The van der Waals surface area contributed by atoms with Gasteiger partial charge in [0.1, 0.15) is 12.2 Å². The molecule has 4 atom stereocenters. The number of nitrogens with one attached hydrogen (secondary N) is 1. The van der Waals surface area contributed by atoms with E-state index in [0.29, 0.717) is 58.8 Å². The van der Waals surface area contributed by atoms with E-state index in [1.165, 1.54) is 6.92 Å². The van der Waals surface area contributed by atoms with E-state index < -0.39 is 24.6 Å². The summed E-state index contributed by atoms with van der Waals surface area (Å²) in [5, 5.41) is 31.2. The SMILES string of the molecule is CC.CC(N)=O.CCOCCOCCNC(=O)CCCCO[C@H]1C[C@@H](O)[C@@H](O)[C@@H](CO)O1. The standard InChI is InChI=1S/C17H33NO8.C2H5NO.C2H6/c1-2-23-9-10-24-8-6-18-15(21)5-3-4-7-25-16-11-13(20)17(22)14(12-19)26-16;1-2(3)4;1-2/h13-14,16-17,19-20,22H,2-12H2,1H3,(H,18,21);1H3,(H2,3,4);1-2H3/t13-,14-,16-,17-;;/m1../s1. The molecule has 2 amide bonds. The van der Waals surface area contributed by atoms with Crippen LogP contribution in [0, 0.1) is 0 Å².